The zero-order valence-corrected chi connectivity index (χ0v) is 42.1. The molecule has 70 heavy (non-hydrogen) atoms. The second-order valence-corrected chi connectivity index (χ2v) is 22.2. The van der Waals surface area contributed by atoms with E-state index in [9.17, 15) is 56.7 Å². The minimum absolute atomic E-state index is 0.00281. The van der Waals surface area contributed by atoms with E-state index in [0.29, 0.717) is 53.7 Å². The first kappa shape index (κ1) is 52.0. The number of thiophene rings is 1. The summed E-state index contributed by atoms with van der Waals surface area (Å²) in [5.74, 6) is 3.34. The maximum Gasteiger partial charge on any atom is 0.399 e. The van der Waals surface area contributed by atoms with Gasteiger partial charge in [0.25, 0.3) is 11.8 Å². The van der Waals surface area contributed by atoms with Crippen molar-refractivity contribution in [3.63, 3.8) is 0 Å². The molecule has 4 aromatic rings. The summed E-state index contributed by atoms with van der Waals surface area (Å²) >= 11 is 4.39. The van der Waals surface area contributed by atoms with Gasteiger partial charge in [-0.05, 0) is 96.6 Å². The monoisotopic (exact) mass is 1060 g/mol. The van der Waals surface area contributed by atoms with Crippen LogP contribution in [0.3, 0.4) is 0 Å². The first-order chi connectivity index (χ1) is 33.0. The number of piperidine rings is 1. The number of nitrogens with one attached hydrogen (secondary N) is 2. The van der Waals surface area contributed by atoms with E-state index in [-0.39, 0.29) is 66.9 Å². The predicted molar refractivity (Wildman–Crippen MR) is 261 cm³/mol. The van der Waals surface area contributed by atoms with Crippen LogP contribution in [-0.4, -0.2) is 111 Å². The van der Waals surface area contributed by atoms with E-state index in [1.54, 1.807) is 69.1 Å². The molecule has 0 spiro atoms. The van der Waals surface area contributed by atoms with Gasteiger partial charge >= 0.3 is 13.3 Å². The van der Waals surface area contributed by atoms with Gasteiger partial charge in [0.15, 0.2) is 0 Å². The molecule has 16 nitrogen and oxygen atoms in total. The fourth-order valence-corrected chi connectivity index (χ4v) is 10.5. The number of hydrogen-bond acceptors (Lipinski definition) is 9. The Bertz CT molecular complexity index is 2870. The third-order valence-corrected chi connectivity index (χ3v) is 15.3. The largest absolute Gasteiger partial charge is 0.399 e. The molecule has 3 atom stereocenters. The van der Waals surface area contributed by atoms with Crippen LogP contribution in [-0.2, 0) is 40.7 Å². The molecular formula is C49H52BrF2N6O10PS. The maximum atomic E-state index is 14.6. The molecule has 4 heterocycles. The minimum Gasteiger partial charge on any atom is -0.346 e. The van der Waals surface area contributed by atoms with Crippen molar-refractivity contribution >= 4 is 92.0 Å². The van der Waals surface area contributed by atoms with Crippen molar-refractivity contribution in [3.05, 3.63) is 98.3 Å². The van der Waals surface area contributed by atoms with E-state index in [2.05, 4.69) is 38.4 Å². The van der Waals surface area contributed by atoms with Crippen LogP contribution in [0.2, 0.25) is 0 Å². The Morgan fingerprint density at radius 2 is 1.74 bits per heavy atom. The van der Waals surface area contributed by atoms with E-state index >= 15 is 0 Å². The highest BCUT2D eigenvalue weighted by Gasteiger charge is 2.50. The number of carbonyl (C=O) groups excluding carboxylic acids is 7. The number of amides is 7. The van der Waals surface area contributed by atoms with Crippen molar-refractivity contribution in [3.8, 4) is 11.8 Å². The topological polar surface area (TPSA) is 214 Å². The smallest absolute Gasteiger partial charge is 0.346 e. The number of fused-ring (bicyclic) bond motifs is 2. The van der Waals surface area contributed by atoms with Crippen molar-refractivity contribution in [1.82, 2.24) is 25.3 Å². The molecule has 21 heteroatoms. The Hall–Kier alpha value is -5.84. The second kappa shape index (κ2) is 20.9. The number of likely N-dealkylation sites (tertiary alicyclic amines) is 1. The molecule has 4 N–H and O–H groups in total. The number of anilines is 1. The van der Waals surface area contributed by atoms with E-state index in [0.717, 1.165) is 33.5 Å². The Balaban J connectivity index is 0.980. The molecular weight excluding hydrogens is 1010 g/mol. The lowest BCUT2D eigenvalue weighted by molar-refractivity contribution is -0.141. The Labute approximate surface area is 415 Å². The zero-order chi connectivity index (χ0) is 50.9. The van der Waals surface area contributed by atoms with Crippen molar-refractivity contribution in [2.75, 3.05) is 31.6 Å². The lowest BCUT2D eigenvalue weighted by Gasteiger charge is -2.36. The minimum atomic E-state index is -5.83. The standard InChI is InChI=1S/C49H52BrF2N6O10PS/c1-48(2,3)42(54-44(62)39-27-30-26-31(14-20-38(30)70-39)49(51,52)69(66,67)68)47(65)57-24-9-13-37(57)46(64)56(33-17-15-32(50)16-18-33)25-22-41(60)55(4)23-7-5-6-10-29-11-8-12-34-35(29)28-58(45(34)63)36-19-21-40(59)53-43(36)61/h8,11-12,14-18,20,26-27,36-37,42H,5,7,9,13,19,21-25,28H2,1-4H3,(H,54,62)(H,53,59,61)(H2,66,67,68). The van der Waals surface area contributed by atoms with E-state index in [4.69, 9.17) is 0 Å². The Morgan fingerprint density at radius 1 is 1.01 bits per heavy atom. The molecule has 0 saturated carbocycles. The van der Waals surface area contributed by atoms with Crippen LogP contribution < -0.4 is 15.5 Å². The van der Waals surface area contributed by atoms with Crippen molar-refractivity contribution in [2.24, 2.45) is 5.41 Å². The fourth-order valence-electron chi connectivity index (χ4n) is 8.77. The highest BCUT2D eigenvalue weighted by molar-refractivity contribution is 9.10. The number of unbranched alkanes of at least 4 members (excludes halogenated alkanes) is 1. The first-order valence-electron chi connectivity index (χ1n) is 22.6. The molecule has 3 aliphatic heterocycles. The van der Waals surface area contributed by atoms with Gasteiger partial charge in [-0.3, -0.25) is 43.4 Å². The van der Waals surface area contributed by atoms with Gasteiger partial charge in [-0.25, -0.2) is 0 Å². The van der Waals surface area contributed by atoms with Gasteiger partial charge in [0.05, 0.1) is 4.88 Å². The van der Waals surface area contributed by atoms with Crippen LogP contribution in [0.15, 0.2) is 71.2 Å². The Kier molecular flexibility index (Phi) is 15.5. The van der Waals surface area contributed by atoms with Gasteiger partial charge in [0, 0.05) is 84.0 Å². The average Bonchev–Trinajstić information content (AvgIpc) is 4.05. The third-order valence-electron chi connectivity index (χ3n) is 12.6. The summed E-state index contributed by atoms with van der Waals surface area (Å²) in [5, 5.41) is 5.27. The molecule has 0 bridgehead atoms. The van der Waals surface area contributed by atoms with Crippen molar-refractivity contribution < 1.29 is 56.7 Å². The molecule has 3 aromatic carbocycles. The zero-order valence-electron chi connectivity index (χ0n) is 38.8. The number of nitrogens with zero attached hydrogens (tertiary/aromatic N) is 4. The number of halogens is 3. The van der Waals surface area contributed by atoms with Gasteiger partial charge in [-0.15, -0.1) is 11.3 Å². The van der Waals surface area contributed by atoms with Crippen LogP contribution in [0.25, 0.3) is 10.1 Å². The molecule has 2 saturated heterocycles. The number of benzene rings is 3. The first-order valence-corrected chi connectivity index (χ1v) is 25.8. The van der Waals surface area contributed by atoms with Gasteiger partial charge in [0.2, 0.25) is 29.5 Å². The summed E-state index contributed by atoms with van der Waals surface area (Å²) in [4.78, 5) is 118. The van der Waals surface area contributed by atoms with Gasteiger partial charge in [-0.1, -0.05) is 60.7 Å². The summed E-state index contributed by atoms with van der Waals surface area (Å²) in [6, 6.07) is 13.8. The molecule has 7 amide bonds. The van der Waals surface area contributed by atoms with Crippen molar-refractivity contribution in [1.29, 1.82) is 0 Å². The summed E-state index contributed by atoms with van der Waals surface area (Å²) in [5.41, 5.74) is -3.85. The maximum absolute atomic E-state index is 14.6. The van der Waals surface area contributed by atoms with Gasteiger partial charge < -0.3 is 34.7 Å². The highest BCUT2D eigenvalue weighted by Crippen LogP contribution is 2.59. The number of rotatable bonds is 14. The lowest BCUT2D eigenvalue weighted by atomic mass is 9.85. The van der Waals surface area contributed by atoms with E-state index in [1.807, 2.05) is 6.07 Å². The Morgan fingerprint density at radius 3 is 2.43 bits per heavy atom. The summed E-state index contributed by atoms with van der Waals surface area (Å²) in [6.07, 6.45) is 2.17. The summed E-state index contributed by atoms with van der Waals surface area (Å²) in [6.45, 7) is 6.06. The predicted octanol–water partition coefficient (Wildman–Crippen LogP) is 6.50. The van der Waals surface area contributed by atoms with Crippen LogP contribution in [0.5, 0.6) is 0 Å². The van der Waals surface area contributed by atoms with Crippen LogP contribution in [0, 0.1) is 17.3 Å². The number of hydrogen-bond donors (Lipinski definition) is 4. The number of imide groups is 1. The van der Waals surface area contributed by atoms with E-state index in [1.165, 1.54) is 26.8 Å². The molecule has 3 aliphatic rings. The number of alkyl halides is 2. The molecule has 3 unspecified atom stereocenters. The third kappa shape index (κ3) is 11.2. The number of carbonyl (C=O) groups is 7. The van der Waals surface area contributed by atoms with Gasteiger partial charge in [0.1, 0.15) is 18.1 Å². The van der Waals surface area contributed by atoms with Crippen LogP contribution in [0.4, 0.5) is 14.5 Å². The molecule has 0 radical (unpaired) electrons. The average molecular weight is 1070 g/mol. The second-order valence-electron chi connectivity index (χ2n) is 18.6. The van der Waals surface area contributed by atoms with Crippen LogP contribution in [0.1, 0.15) is 102 Å². The molecule has 1 aromatic heterocycles. The normalized spacial score (nSPS) is 17.7. The molecule has 7 rings (SSSR count). The SMILES string of the molecule is CN(CCCC#Cc1cccc2c1CN(C1CCC(=O)NC1=O)C2=O)C(=O)CCN(C(=O)C1CCCN1C(=O)C(NC(=O)c1cc2cc(C(F)(F)P(=O)(O)O)ccc2s1)C(C)(C)C)c1ccc(Br)cc1. The van der Waals surface area contributed by atoms with Crippen LogP contribution >= 0.6 is 34.9 Å². The quantitative estimate of drug-likeness (QED) is 0.0466. The fraction of sp³-hybridized carbons (Fsp3) is 0.408. The highest BCUT2D eigenvalue weighted by atomic mass is 79.9. The summed E-state index contributed by atoms with van der Waals surface area (Å²) < 4.78 is 41.7. The molecule has 370 valence electrons. The van der Waals surface area contributed by atoms with E-state index < -0.39 is 66.0 Å². The summed E-state index contributed by atoms with van der Waals surface area (Å²) in [7, 11) is -4.17. The molecule has 0 aliphatic carbocycles. The molecule has 2 fully saturated rings. The lowest BCUT2D eigenvalue weighted by Crippen LogP contribution is -2.58. The van der Waals surface area contributed by atoms with Crippen molar-refractivity contribution in [2.45, 2.75) is 96.1 Å². The van der Waals surface area contributed by atoms with Gasteiger partial charge in [-0.2, -0.15) is 8.78 Å².